The predicted octanol–water partition coefficient (Wildman–Crippen LogP) is 3.48. The SMILES string of the molecule is O=C1C[C@H](Cc2ccc(Br)cc2)C(=O)N1c1ccc([N+](=O)[O-])cc1. The van der Waals surface area contributed by atoms with E-state index in [0.29, 0.717) is 12.1 Å². The molecule has 3 rings (SSSR count). The highest BCUT2D eigenvalue weighted by Gasteiger charge is 2.39. The first kappa shape index (κ1) is 16.3. The smallest absolute Gasteiger partial charge is 0.269 e. The molecule has 0 unspecified atom stereocenters. The molecule has 6 nitrogen and oxygen atoms in total. The monoisotopic (exact) mass is 388 g/mol. The molecular weight excluding hydrogens is 376 g/mol. The predicted molar refractivity (Wildman–Crippen MR) is 91.5 cm³/mol. The fourth-order valence-corrected chi connectivity index (χ4v) is 3.02. The van der Waals surface area contributed by atoms with Crippen LogP contribution in [0.5, 0.6) is 0 Å². The summed E-state index contributed by atoms with van der Waals surface area (Å²) < 4.78 is 0.951. The van der Waals surface area contributed by atoms with Crippen molar-refractivity contribution in [3.8, 4) is 0 Å². The summed E-state index contributed by atoms with van der Waals surface area (Å²) >= 11 is 3.36. The molecule has 0 N–H and O–H groups in total. The highest BCUT2D eigenvalue weighted by Crippen LogP contribution is 2.30. The van der Waals surface area contributed by atoms with Crippen LogP contribution in [0.3, 0.4) is 0 Å². The molecule has 24 heavy (non-hydrogen) atoms. The Morgan fingerprint density at radius 2 is 1.71 bits per heavy atom. The van der Waals surface area contributed by atoms with Crippen molar-refractivity contribution in [3.63, 3.8) is 0 Å². The van der Waals surface area contributed by atoms with Gasteiger partial charge in [-0.1, -0.05) is 28.1 Å². The lowest BCUT2D eigenvalue weighted by molar-refractivity contribution is -0.384. The summed E-state index contributed by atoms with van der Waals surface area (Å²) in [6, 6.07) is 13.0. The number of imide groups is 1. The standard InChI is InChI=1S/C17H13BrN2O4/c18-13-3-1-11(2-4-13)9-12-10-16(21)19(17(12)22)14-5-7-15(8-6-14)20(23)24/h1-8,12H,9-10H2/t12-/m0/s1. The van der Waals surface area contributed by atoms with Crippen molar-refractivity contribution >= 4 is 39.1 Å². The number of amides is 2. The van der Waals surface area contributed by atoms with Crippen molar-refractivity contribution in [2.75, 3.05) is 4.90 Å². The number of nitrogens with zero attached hydrogens (tertiary/aromatic N) is 2. The minimum absolute atomic E-state index is 0.0794. The van der Waals surface area contributed by atoms with Gasteiger partial charge in [0, 0.05) is 23.0 Å². The molecule has 1 aliphatic rings. The number of halogens is 1. The second-order valence-electron chi connectivity index (χ2n) is 5.57. The zero-order valence-electron chi connectivity index (χ0n) is 12.5. The molecule has 0 aromatic heterocycles. The van der Waals surface area contributed by atoms with E-state index in [4.69, 9.17) is 0 Å². The van der Waals surface area contributed by atoms with Crippen molar-refractivity contribution in [3.05, 3.63) is 68.7 Å². The maximum absolute atomic E-state index is 12.6. The van der Waals surface area contributed by atoms with Gasteiger partial charge in [0.15, 0.2) is 0 Å². The molecule has 0 bridgehead atoms. The molecule has 1 heterocycles. The molecule has 1 saturated heterocycles. The molecule has 122 valence electrons. The van der Waals surface area contributed by atoms with Crippen molar-refractivity contribution in [1.29, 1.82) is 0 Å². The summed E-state index contributed by atoms with van der Waals surface area (Å²) in [6.07, 6.45) is 0.632. The van der Waals surface area contributed by atoms with Crippen molar-refractivity contribution in [2.45, 2.75) is 12.8 Å². The third-order valence-electron chi connectivity index (χ3n) is 3.95. The van der Waals surface area contributed by atoms with Gasteiger partial charge in [0.25, 0.3) is 5.69 Å². The van der Waals surface area contributed by atoms with Crippen LogP contribution in [0.25, 0.3) is 0 Å². The fraction of sp³-hybridized carbons (Fsp3) is 0.176. The first-order valence-corrected chi connectivity index (χ1v) is 8.10. The molecule has 1 fully saturated rings. The molecule has 2 amide bonds. The van der Waals surface area contributed by atoms with Crippen LogP contribution >= 0.6 is 15.9 Å². The maximum atomic E-state index is 12.6. The van der Waals surface area contributed by atoms with Gasteiger partial charge < -0.3 is 0 Å². The number of hydrogen-bond donors (Lipinski definition) is 0. The van der Waals surface area contributed by atoms with Crippen LogP contribution in [0.4, 0.5) is 11.4 Å². The van der Waals surface area contributed by atoms with E-state index in [1.54, 1.807) is 0 Å². The van der Waals surface area contributed by atoms with Crippen LogP contribution in [0.2, 0.25) is 0 Å². The summed E-state index contributed by atoms with van der Waals surface area (Å²) in [5.74, 6) is -0.957. The molecule has 0 aliphatic carbocycles. The van der Waals surface area contributed by atoms with Crippen molar-refractivity contribution in [2.24, 2.45) is 5.92 Å². The molecule has 0 saturated carbocycles. The Labute approximate surface area is 146 Å². The number of carbonyl (C=O) groups excluding carboxylic acids is 2. The number of carbonyl (C=O) groups is 2. The summed E-state index contributed by atoms with van der Waals surface area (Å²) in [5, 5.41) is 10.7. The minimum atomic E-state index is -0.520. The molecular formula is C17H13BrN2O4. The van der Waals surface area contributed by atoms with Crippen LogP contribution in [0.15, 0.2) is 53.0 Å². The van der Waals surface area contributed by atoms with E-state index in [0.717, 1.165) is 14.9 Å². The topological polar surface area (TPSA) is 80.5 Å². The maximum Gasteiger partial charge on any atom is 0.269 e. The Morgan fingerprint density at radius 1 is 1.08 bits per heavy atom. The van der Waals surface area contributed by atoms with E-state index < -0.39 is 10.8 Å². The van der Waals surface area contributed by atoms with Crippen molar-refractivity contribution in [1.82, 2.24) is 0 Å². The van der Waals surface area contributed by atoms with Crippen LogP contribution in [0, 0.1) is 16.0 Å². The number of benzene rings is 2. The van der Waals surface area contributed by atoms with Crippen LogP contribution < -0.4 is 4.90 Å². The first-order valence-electron chi connectivity index (χ1n) is 7.31. The number of anilines is 1. The van der Waals surface area contributed by atoms with Gasteiger partial charge in [0.1, 0.15) is 0 Å². The second kappa shape index (κ2) is 6.52. The van der Waals surface area contributed by atoms with Gasteiger partial charge in [0.2, 0.25) is 11.8 Å². The summed E-state index contributed by atoms with van der Waals surface area (Å²) in [6.45, 7) is 0. The largest absolute Gasteiger partial charge is 0.274 e. The molecule has 2 aromatic carbocycles. The van der Waals surface area contributed by atoms with Crippen LogP contribution in [0.1, 0.15) is 12.0 Å². The van der Waals surface area contributed by atoms with E-state index in [-0.39, 0.29) is 23.9 Å². The number of nitro benzene ring substituents is 1. The van der Waals surface area contributed by atoms with Crippen LogP contribution in [-0.2, 0) is 16.0 Å². The molecule has 7 heteroatoms. The third kappa shape index (κ3) is 3.21. The summed E-state index contributed by atoms with van der Waals surface area (Å²) in [5.41, 5.74) is 1.27. The van der Waals surface area contributed by atoms with Crippen LogP contribution in [-0.4, -0.2) is 16.7 Å². The summed E-state index contributed by atoms with van der Waals surface area (Å²) in [4.78, 5) is 36.1. The van der Waals surface area contributed by atoms with E-state index in [1.165, 1.54) is 24.3 Å². The number of rotatable bonds is 4. The van der Waals surface area contributed by atoms with Gasteiger partial charge in [-0.3, -0.25) is 24.6 Å². The van der Waals surface area contributed by atoms with Gasteiger partial charge in [-0.2, -0.15) is 0 Å². The third-order valence-corrected chi connectivity index (χ3v) is 4.48. The Balaban J connectivity index is 1.78. The molecule has 1 atom stereocenters. The average molecular weight is 389 g/mol. The molecule has 0 radical (unpaired) electrons. The number of non-ortho nitro benzene ring substituents is 1. The van der Waals surface area contributed by atoms with E-state index in [2.05, 4.69) is 15.9 Å². The van der Waals surface area contributed by atoms with Gasteiger partial charge in [-0.05, 0) is 36.2 Å². The van der Waals surface area contributed by atoms with E-state index in [1.807, 2.05) is 24.3 Å². The average Bonchev–Trinajstić information content (AvgIpc) is 2.83. The second-order valence-corrected chi connectivity index (χ2v) is 6.49. The summed E-state index contributed by atoms with van der Waals surface area (Å²) in [7, 11) is 0. The molecule has 2 aromatic rings. The quantitative estimate of drug-likeness (QED) is 0.456. The normalized spacial score (nSPS) is 17.4. The Bertz CT molecular complexity index is 802. The lowest BCUT2D eigenvalue weighted by Crippen LogP contribution is -2.30. The van der Waals surface area contributed by atoms with Gasteiger partial charge in [-0.25, -0.2) is 0 Å². The van der Waals surface area contributed by atoms with Gasteiger partial charge >= 0.3 is 0 Å². The number of nitro groups is 1. The Kier molecular flexibility index (Phi) is 4.44. The lowest BCUT2D eigenvalue weighted by Gasteiger charge is -2.15. The zero-order chi connectivity index (χ0) is 17.3. The Hall–Kier alpha value is -2.54. The molecule has 1 aliphatic heterocycles. The lowest BCUT2D eigenvalue weighted by atomic mass is 9.98. The van der Waals surface area contributed by atoms with Crippen molar-refractivity contribution < 1.29 is 14.5 Å². The highest BCUT2D eigenvalue weighted by atomic mass is 79.9. The zero-order valence-corrected chi connectivity index (χ0v) is 14.1. The fourth-order valence-electron chi connectivity index (χ4n) is 2.75. The highest BCUT2D eigenvalue weighted by molar-refractivity contribution is 9.10. The van der Waals surface area contributed by atoms with Gasteiger partial charge in [-0.15, -0.1) is 0 Å². The minimum Gasteiger partial charge on any atom is -0.274 e. The van der Waals surface area contributed by atoms with E-state index in [9.17, 15) is 19.7 Å². The van der Waals surface area contributed by atoms with Gasteiger partial charge in [0.05, 0.1) is 16.5 Å². The van der Waals surface area contributed by atoms with E-state index >= 15 is 0 Å². The number of hydrogen-bond acceptors (Lipinski definition) is 4. The molecule has 0 spiro atoms. The first-order chi connectivity index (χ1) is 11.5. The Morgan fingerprint density at radius 3 is 2.29 bits per heavy atom.